The lowest BCUT2D eigenvalue weighted by molar-refractivity contribution is -0.121. The van der Waals surface area contributed by atoms with Crippen molar-refractivity contribution in [2.24, 2.45) is 5.92 Å². The van der Waals surface area contributed by atoms with Gasteiger partial charge in [0.2, 0.25) is 5.91 Å². The lowest BCUT2D eigenvalue weighted by Crippen LogP contribution is -2.30. The molecule has 10 heteroatoms. The summed E-state index contributed by atoms with van der Waals surface area (Å²) in [4.78, 5) is 44.9. The third-order valence-electron chi connectivity index (χ3n) is 5.98. The molecule has 3 heterocycles. The highest BCUT2D eigenvalue weighted by Gasteiger charge is 2.28. The molecule has 180 valence electrons. The van der Waals surface area contributed by atoms with Crippen molar-refractivity contribution in [2.45, 2.75) is 32.7 Å². The van der Waals surface area contributed by atoms with Crippen molar-refractivity contribution in [3.8, 4) is 10.4 Å². The zero-order chi connectivity index (χ0) is 24.7. The van der Waals surface area contributed by atoms with E-state index >= 15 is 0 Å². The fourth-order valence-electron chi connectivity index (χ4n) is 3.90. The van der Waals surface area contributed by atoms with Crippen LogP contribution in [0.4, 0.5) is 11.5 Å². The molecule has 0 saturated heterocycles. The maximum absolute atomic E-state index is 13.1. The van der Waals surface area contributed by atoms with Crippen molar-refractivity contribution < 1.29 is 14.4 Å². The van der Waals surface area contributed by atoms with Gasteiger partial charge in [-0.2, -0.15) is 5.10 Å². The van der Waals surface area contributed by atoms with Crippen LogP contribution in [0, 0.1) is 5.92 Å². The molecule has 4 aromatic rings. The van der Waals surface area contributed by atoms with Crippen LogP contribution in [0.5, 0.6) is 0 Å². The summed E-state index contributed by atoms with van der Waals surface area (Å²) in [6.07, 6.45) is 5.37. The zero-order valence-electron chi connectivity index (χ0n) is 19.6. The summed E-state index contributed by atoms with van der Waals surface area (Å²) in [5.74, 6) is -0.381. The predicted octanol–water partition coefficient (Wildman–Crippen LogP) is 4.38. The molecule has 4 N–H and O–H groups in total. The van der Waals surface area contributed by atoms with E-state index < -0.39 is 0 Å². The molecule has 0 bridgehead atoms. The summed E-state index contributed by atoms with van der Waals surface area (Å²) in [7, 11) is 1.73. The number of hydrogen-bond donors (Lipinski definition) is 4. The van der Waals surface area contributed by atoms with E-state index in [0.29, 0.717) is 32.8 Å². The average Bonchev–Trinajstić information content (AvgIpc) is 3.25. The summed E-state index contributed by atoms with van der Waals surface area (Å²) in [5, 5.41) is 13.3. The number of nitrogens with one attached hydrogen (secondary N) is 4. The van der Waals surface area contributed by atoms with Crippen LogP contribution in [-0.4, -0.2) is 46.0 Å². The fraction of sp³-hybridized carbons (Fsp3) is 0.280. The second-order valence-corrected chi connectivity index (χ2v) is 10.1. The number of hydrogen-bond acceptors (Lipinski definition) is 5. The van der Waals surface area contributed by atoms with Crippen LogP contribution in [0.25, 0.3) is 21.3 Å². The summed E-state index contributed by atoms with van der Waals surface area (Å²) in [5.41, 5.74) is 2.65. The van der Waals surface area contributed by atoms with Gasteiger partial charge >= 0.3 is 0 Å². The maximum Gasteiger partial charge on any atom is 0.266 e. The van der Waals surface area contributed by atoms with Crippen molar-refractivity contribution in [3.05, 3.63) is 53.2 Å². The number of benzene rings is 1. The lowest BCUT2D eigenvalue weighted by atomic mass is 10.1. The summed E-state index contributed by atoms with van der Waals surface area (Å²) < 4.78 is 0. The lowest BCUT2D eigenvalue weighted by Gasteiger charge is -2.19. The number of anilines is 2. The second kappa shape index (κ2) is 9.03. The Morgan fingerprint density at radius 2 is 1.94 bits per heavy atom. The zero-order valence-corrected chi connectivity index (χ0v) is 20.5. The molecule has 1 aliphatic carbocycles. The molecule has 3 amide bonds. The number of aromatic nitrogens is 3. The monoisotopic (exact) mass is 490 g/mol. The molecule has 1 fully saturated rings. The first-order chi connectivity index (χ1) is 16.8. The van der Waals surface area contributed by atoms with Gasteiger partial charge in [-0.05, 0) is 43.2 Å². The Hall–Kier alpha value is -3.92. The van der Waals surface area contributed by atoms with Gasteiger partial charge in [-0.15, -0.1) is 11.3 Å². The van der Waals surface area contributed by atoms with E-state index in [1.165, 1.54) is 11.3 Å². The molecular formula is C25H26N6O3S. The van der Waals surface area contributed by atoms with Gasteiger partial charge in [0.1, 0.15) is 5.82 Å². The van der Waals surface area contributed by atoms with E-state index in [-0.39, 0.29) is 29.7 Å². The van der Waals surface area contributed by atoms with E-state index in [1.54, 1.807) is 30.4 Å². The van der Waals surface area contributed by atoms with Crippen LogP contribution in [-0.2, 0) is 4.79 Å². The van der Waals surface area contributed by atoms with E-state index in [0.717, 1.165) is 23.3 Å². The van der Waals surface area contributed by atoms with Gasteiger partial charge < -0.3 is 20.5 Å². The molecule has 0 atom stereocenters. The predicted molar refractivity (Wildman–Crippen MR) is 137 cm³/mol. The molecule has 0 unspecified atom stereocenters. The van der Waals surface area contributed by atoms with E-state index in [9.17, 15) is 14.4 Å². The molecule has 0 spiro atoms. The molecule has 1 aliphatic rings. The molecule has 35 heavy (non-hydrogen) atoms. The Labute approximate surface area is 205 Å². The van der Waals surface area contributed by atoms with Crippen molar-refractivity contribution >= 4 is 51.5 Å². The quantitative estimate of drug-likeness (QED) is 0.307. The van der Waals surface area contributed by atoms with Crippen LogP contribution in [0.15, 0.2) is 42.7 Å². The van der Waals surface area contributed by atoms with Crippen molar-refractivity contribution in [2.75, 3.05) is 17.3 Å². The maximum atomic E-state index is 13.1. The molecule has 9 nitrogen and oxygen atoms in total. The van der Waals surface area contributed by atoms with Crippen molar-refractivity contribution in [1.82, 2.24) is 20.5 Å². The van der Waals surface area contributed by atoms with Gasteiger partial charge in [0.05, 0.1) is 16.6 Å². The van der Waals surface area contributed by atoms with E-state index in [2.05, 4.69) is 25.8 Å². The smallest absolute Gasteiger partial charge is 0.266 e. The van der Waals surface area contributed by atoms with Crippen LogP contribution < -0.4 is 15.5 Å². The standard InChI is InChI=1S/C25H26N6O3S/c1-13(2)25(34)31(3)16-6-7-17-18(10-16)29-22(21(17)24(33)28-15-4-5-15)30-23(32)20-9-8-19(35-20)14-11-26-27-12-14/h6-13,15,29H,4-5H2,1-3H3,(H,26,27)(H,28,33)(H,30,32). The molecule has 0 aliphatic heterocycles. The number of thiophene rings is 1. The minimum Gasteiger partial charge on any atom is -0.349 e. The van der Waals surface area contributed by atoms with Gasteiger partial charge in [0.15, 0.2) is 0 Å². The molecule has 1 saturated carbocycles. The van der Waals surface area contributed by atoms with Crippen LogP contribution in [0.2, 0.25) is 0 Å². The minimum absolute atomic E-state index is 0.0118. The third kappa shape index (κ3) is 4.57. The Kier molecular flexibility index (Phi) is 5.89. The fourth-order valence-corrected chi connectivity index (χ4v) is 4.78. The molecule has 3 aromatic heterocycles. The van der Waals surface area contributed by atoms with Gasteiger partial charge in [-0.1, -0.05) is 13.8 Å². The summed E-state index contributed by atoms with van der Waals surface area (Å²) in [6.45, 7) is 3.70. The molecule has 1 aromatic carbocycles. The number of fused-ring (bicyclic) bond motifs is 1. The van der Waals surface area contributed by atoms with Crippen LogP contribution >= 0.6 is 11.3 Å². The third-order valence-corrected chi connectivity index (χ3v) is 7.12. The molecule has 5 rings (SSSR count). The number of rotatable bonds is 7. The number of carbonyl (C=O) groups is 3. The SMILES string of the molecule is CC(C)C(=O)N(C)c1ccc2c(C(=O)NC3CC3)c(NC(=O)c3ccc(-c4cn[nH]c4)s3)[nH]c2c1. The molecule has 0 radical (unpaired) electrons. The van der Waals surface area contributed by atoms with E-state index in [1.807, 2.05) is 38.1 Å². The highest BCUT2D eigenvalue weighted by molar-refractivity contribution is 7.17. The number of amides is 3. The minimum atomic E-state index is -0.316. The number of nitrogens with zero attached hydrogens (tertiary/aromatic N) is 2. The first kappa shape index (κ1) is 22.9. The number of carbonyl (C=O) groups excluding carboxylic acids is 3. The van der Waals surface area contributed by atoms with Crippen LogP contribution in [0.3, 0.4) is 0 Å². The Balaban J connectivity index is 1.48. The second-order valence-electron chi connectivity index (χ2n) is 9.01. The Morgan fingerprint density at radius 3 is 2.63 bits per heavy atom. The van der Waals surface area contributed by atoms with Crippen molar-refractivity contribution in [1.29, 1.82) is 0 Å². The Bertz CT molecular complexity index is 1410. The highest BCUT2D eigenvalue weighted by Crippen LogP contribution is 2.33. The topological polar surface area (TPSA) is 123 Å². The first-order valence-corrected chi connectivity index (χ1v) is 12.3. The normalized spacial score (nSPS) is 13.3. The van der Waals surface area contributed by atoms with Gasteiger partial charge in [0, 0.05) is 52.2 Å². The first-order valence-electron chi connectivity index (χ1n) is 11.5. The average molecular weight is 491 g/mol. The number of H-pyrrole nitrogens is 2. The largest absolute Gasteiger partial charge is 0.349 e. The van der Waals surface area contributed by atoms with Crippen molar-refractivity contribution in [3.63, 3.8) is 0 Å². The van der Waals surface area contributed by atoms with Gasteiger partial charge in [-0.25, -0.2) is 0 Å². The summed E-state index contributed by atoms with van der Waals surface area (Å²) >= 11 is 1.34. The van der Waals surface area contributed by atoms with Crippen LogP contribution in [0.1, 0.15) is 46.7 Å². The van der Waals surface area contributed by atoms with E-state index in [4.69, 9.17) is 0 Å². The van der Waals surface area contributed by atoms with Gasteiger partial charge in [-0.3, -0.25) is 19.5 Å². The number of aromatic amines is 2. The highest BCUT2D eigenvalue weighted by atomic mass is 32.1. The summed E-state index contributed by atoms with van der Waals surface area (Å²) in [6, 6.07) is 9.22. The Morgan fingerprint density at radius 1 is 1.14 bits per heavy atom. The molecular weight excluding hydrogens is 464 g/mol. The van der Waals surface area contributed by atoms with Gasteiger partial charge in [0.25, 0.3) is 11.8 Å².